The number of fused-ring (bicyclic) bond motifs is 1. The number of hydrogen-bond donors (Lipinski definition) is 2. The molecule has 3 aromatic carbocycles. The first-order valence-electron chi connectivity index (χ1n) is 19.0. The van der Waals surface area contributed by atoms with Crippen LogP contribution in [0.4, 0.5) is 4.39 Å². The van der Waals surface area contributed by atoms with Crippen molar-refractivity contribution in [2.24, 2.45) is 0 Å². The highest BCUT2D eigenvalue weighted by atomic mass is 35.5. The molecule has 3 heterocycles. The number of aromatic nitrogens is 1. The van der Waals surface area contributed by atoms with Crippen molar-refractivity contribution < 1.29 is 23.4 Å². The monoisotopic (exact) mass is 762 g/mol. The van der Waals surface area contributed by atoms with Crippen LogP contribution in [0.15, 0.2) is 67.0 Å². The normalized spacial score (nSPS) is 18.3. The van der Waals surface area contributed by atoms with Gasteiger partial charge in [0.15, 0.2) is 0 Å². The summed E-state index contributed by atoms with van der Waals surface area (Å²) < 4.78 is 32.7. The van der Waals surface area contributed by atoms with Crippen molar-refractivity contribution in [3.8, 4) is 40.5 Å². The van der Waals surface area contributed by atoms with Gasteiger partial charge in [-0.15, -0.1) is 0 Å². The number of rotatable bonds is 15. The van der Waals surface area contributed by atoms with Crippen LogP contribution in [0.3, 0.4) is 0 Å². The van der Waals surface area contributed by atoms with Crippen LogP contribution >= 0.6 is 11.6 Å². The van der Waals surface area contributed by atoms with Gasteiger partial charge >= 0.3 is 0 Å². The number of halogens is 2. The van der Waals surface area contributed by atoms with Crippen LogP contribution in [0, 0.1) is 22.7 Å². The fourth-order valence-corrected chi connectivity index (χ4v) is 7.90. The highest BCUT2D eigenvalue weighted by molar-refractivity contribution is 6.32. The first-order valence-corrected chi connectivity index (χ1v) is 19.4. The molecule has 7 rings (SSSR count). The molecule has 4 aromatic rings. The first-order chi connectivity index (χ1) is 26.9. The summed E-state index contributed by atoms with van der Waals surface area (Å²) in [5, 5.41) is 26.5. The van der Waals surface area contributed by atoms with Gasteiger partial charge < -0.3 is 29.7 Å². The van der Waals surface area contributed by atoms with Gasteiger partial charge in [0.1, 0.15) is 53.8 Å². The van der Waals surface area contributed by atoms with E-state index in [1.54, 1.807) is 12.3 Å². The summed E-state index contributed by atoms with van der Waals surface area (Å²) in [4.78, 5) is 18.1. The van der Waals surface area contributed by atoms with Gasteiger partial charge in [0.25, 0.3) is 0 Å². The maximum atomic E-state index is 13.5. The Morgan fingerprint density at radius 2 is 1.78 bits per heavy atom. The van der Waals surface area contributed by atoms with E-state index < -0.39 is 6.17 Å². The number of carbonyl (C=O) groups excluding carboxylic acids is 1. The molecule has 10 nitrogen and oxygen atoms in total. The molecule has 1 amide bonds. The summed E-state index contributed by atoms with van der Waals surface area (Å²) in [5.74, 6) is 1.69. The fraction of sp³-hybridized carbons (Fsp3) is 0.395. The minimum Gasteiger partial charge on any atom is -0.492 e. The molecule has 0 saturated carbocycles. The first kappa shape index (κ1) is 38.1. The van der Waals surface area contributed by atoms with E-state index in [2.05, 4.69) is 38.7 Å². The predicted octanol–water partition coefficient (Wildman–Crippen LogP) is 7.36. The number of nitrogens with zero attached hydrogens (tertiary/aromatic N) is 4. The maximum Gasteiger partial charge on any atom is 0.220 e. The second kappa shape index (κ2) is 18.0. The summed E-state index contributed by atoms with van der Waals surface area (Å²) in [6.45, 7) is 4.11. The van der Waals surface area contributed by atoms with Crippen molar-refractivity contribution in [1.29, 1.82) is 10.5 Å². The smallest absolute Gasteiger partial charge is 0.220 e. The Hall–Kier alpha value is -5.20. The maximum absolute atomic E-state index is 13.5. The third kappa shape index (κ3) is 9.37. The Balaban J connectivity index is 1.07. The van der Waals surface area contributed by atoms with Crippen LogP contribution in [0.2, 0.25) is 5.02 Å². The number of ether oxygens (including phenoxy) is 3. The number of nitriles is 2. The minimum absolute atomic E-state index is 0.0667. The Morgan fingerprint density at radius 3 is 2.58 bits per heavy atom. The molecular formula is C43H44ClFN6O4. The van der Waals surface area contributed by atoms with Crippen LogP contribution in [0.5, 0.6) is 17.2 Å². The van der Waals surface area contributed by atoms with Crippen LogP contribution in [-0.4, -0.2) is 60.8 Å². The Morgan fingerprint density at radius 1 is 0.945 bits per heavy atom. The van der Waals surface area contributed by atoms with Gasteiger partial charge in [0.05, 0.1) is 17.2 Å². The van der Waals surface area contributed by atoms with Crippen LogP contribution < -0.4 is 24.8 Å². The molecule has 12 heteroatoms. The van der Waals surface area contributed by atoms with Crippen molar-refractivity contribution >= 4 is 17.5 Å². The molecule has 0 spiro atoms. The van der Waals surface area contributed by atoms with Gasteiger partial charge in [0.2, 0.25) is 5.91 Å². The number of carbonyl (C=O) groups is 1. The molecular weight excluding hydrogens is 719 g/mol. The average Bonchev–Trinajstić information content (AvgIpc) is 3.82. The number of likely N-dealkylation sites (tertiary alicyclic amines) is 1. The lowest BCUT2D eigenvalue weighted by Crippen LogP contribution is -2.35. The molecule has 0 bridgehead atoms. The van der Waals surface area contributed by atoms with Gasteiger partial charge in [-0.05, 0) is 73.4 Å². The van der Waals surface area contributed by atoms with Gasteiger partial charge in [-0.1, -0.05) is 41.9 Å². The van der Waals surface area contributed by atoms with Gasteiger partial charge in [-0.2, -0.15) is 10.5 Å². The zero-order valence-corrected chi connectivity index (χ0v) is 31.4. The van der Waals surface area contributed by atoms with E-state index in [1.165, 1.54) is 6.20 Å². The number of nitrogens with one attached hydrogen (secondary N) is 2. The van der Waals surface area contributed by atoms with E-state index in [0.717, 1.165) is 78.7 Å². The zero-order chi connectivity index (χ0) is 38.1. The molecule has 55 heavy (non-hydrogen) atoms. The third-order valence-electron chi connectivity index (χ3n) is 10.5. The summed E-state index contributed by atoms with van der Waals surface area (Å²) in [6, 6.07) is 21.8. The lowest BCUT2D eigenvalue weighted by Gasteiger charge is -2.28. The molecule has 0 radical (unpaired) electrons. The highest BCUT2D eigenvalue weighted by Crippen LogP contribution is 2.44. The molecule has 2 atom stereocenters. The molecule has 2 saturated heterocycles. The Bertz CT molecular complexity index is 2090. The third-order valence-corrected chi connectivity index (χ3v) is 10.8. The van der Waals surface area contributed by atoms with E-state index in [1.807, 2.05) is 42.5 Å². The Labute approximate surface area is 326 Å². The molecule has 284 valence electrons. The number of hydrogen-bond acceptors (Lipinski definition) is 9. The number of pyridine rings is 1. The molecule has 2 N–H and O–H groups in total. The van der Waals surface area contributed by atoms with E-state index in [9.17, 15) is 19.7 Å². The van der Waals surface area contributed by atoms with Crippen LogP contribution in [-0.2, 0) is 24.4 Å². The second-order valence-electron chi connectivity index (χ2n) is 14.3. The standard InChI is InChI=1S/C43H44ClFN6O4/c44-38-19-30(25-49-26-32-8-11-43(52)50-32)41(54-27-29-18-28(21-46)23-48-24-29)20-42(38)55-40-10-9-35-33(4-1-6-36(35)40)34-5-2-7-39(37(34)22-47)53-17-3-14-51-15-12-31(45)13-16-51/h1-2,4-7,18-20,23-24,31-32,40,49H,3,8-17,25-27H2,(H,50,52)/t32?,40-/m0/s1. The molecule has 3 aliphatic rings. The minimum atomic E-state index is -0.691. The lowest BCUT2D eigenvalue weighted by molar-refractivity contribution is -0.119. The topological polar surface area (TPSA) is 133 Å². The zero-order valence-electron chi connectivity index (χ0n) is 30.7. The van der Waals surface area contributed by atoms with Crippen molar-refractivity contribution in [3.05, 3.63) is 105 Å². The number of benzene rings is 3. The van der Waals surface area contributed by atoms with E-state index in [4.69, 9.17) is 25.8 Å². The van der Waals surface area contributed by atoms with E-state index in [-0.39, 0.29) is 24.7 Å². The summed E-state index contributed by atoms with van der Waals surface area (Å²) in [7, 11) is 0. The molecule has 1 aliphatic carbocycles. The summed E-state index contributed by atoms with van der Waals surface area (Å²) in [5.41, 5.74) is 6.48. The molecule has 2 fully saturated rings. The predicted molar refractivity (Wildman–Crippen MR) is 207 cm³/mol. The van der Waals surface area contributed by atoms with Crippen molar-refractivity contribution in [1.82, 2.24) is 20.5 Å². The van der Waals surface area contributed by atoms with E-state index >= 15 is 0 Å². The SMILES string of the molecule is N#Cc1cncc(COc2cc(O[C@H]3CCc4c(-c5cccc(OCCCN6CCC(F)CC6)c5C#N)cccc43)c(Cl)cc2CNCC2CCC(=O)N2)c1. The van der Waals surface area contributed by atoms with Crippen molar-refractivity contribution in [2.45, 2.75) is 76.4 Å². The lowest BCUT2D eigenvalue weighted by atomic mass is 9.93. The summed E-state index contributed by atoms with van der Waals surface area (Å²) in [6.07, 6.45) is 6.97. The quantitative estimate of drug-likeness (QED) is 0.119. The van der Waals surface area contributed by atoms with Gasteiger partial charge in [0, 0.05) is 80.3 Å². The molecule has 2 aliphatic heterocycles. The largest absolute Gasteiger partial charge is 0.492 e. The van der Waals surface area contributed by atoms with Crippen LogP contribution in [0.1, 0.15) is 78.0 Å². The summed E-state index contributed by atoms with van der Waals surface area (Å²) >= 11 is 6.90. The van der Waals surface area contributed by atoms with Crippen LogP contribution in [0.25, 0.3) is 11.1 Å². The van der Waals surface area contributed by atoms with Crippen molar-refractivity contribution in [2.75, 3.05) is 32.8 Å². The number of amides is 1. The highest BCUT2D eigenvalue weighted by Gasteiger charge is 2.29. The number of piperidine rings is 1. The van der Waals surface area contributed by atoms with Gasteiger partial charge in [-0.25, -0.2) is 4.39 Å². The Kier molecular flexibility index (Phi) is 12.4. The second-order valence-corrected chi connectivity index (χ2v) is 14.7. The number of alkyl halides is 1. The molecule has 1 unspecified atom stereocenters. The molecule has 1 aromatic heterocycles. The van der Waals surface area contributed by atoms with Gasteiger partial charge in [-0.3, -0.25) is 9.78 Å². The van der Waals surface area contributed by atoms with Crippen molar-refractivity contribution in [3.63, 3.8) is 0 Å². The average molecular weight is 763 g/mol. The fourth-order valence-electron chi connectivity index (χ4n) is 7.67. The van der Waals surface area contributed by atoms with E-state index in [0.29, 0.717) is 72.4 Å².